The summed E-state index contributed by atoms with van der Waals surface area (Å²) in [5, 5.41) is 2.77. The highest BCUT2D eigenvalue weighted by Gasteiger charge is 2.46. The number of anilines is 1. The number of benzene rings is 1. The minimum atomic E-state index is -1.00. The van der Waals surface area contributed by atoms with Gasteiger partial charge in [0, 0.05) is 5.69 Å². The van der Waals surface area contributed by atoms with Gasteiger partial charge in [-0.3, -0.25) is 9.59 Å². The first kappa shape index (κ1) is 11.6. The molecule has 1 saturated carbocycles. The van der Waals surface area contributed by atoms with Crippen molar-refractivity contribution in [1.29, 1.82) is 0 Å². The van der Waals surface area contributed by atoms with Gasteiger partial charge in [-0.1, -0.05) is 31.0 Å². The van der Waals surface area contributed by atoms with Crippen LogP contribution in [0.5, 0.6) is 0 Å². The van der Waals surface area contributed by atoms with Crippen molar-refractivity contribution in [2.45, 2.75) is 25.7 Å². The summed E-state index contributed by atoms with van der Waals surface area (Å²) >= 11 is 0. The Morgan fingerprint density at radius 1 is 1.12 bits per heavy atom. The Kier molecular flexibility index (Phi) is 3.13. The van der Waals surface area contributed by atoms with Crippen molar-refractivity contribution in [1.82, 2.24) is 0 Å². The first-order chi connectivity index (χ1) is 8.15. The number of hydrogen-bond acceptors (Lipinski definition) is 2. The second-order valence-corrected chi connectivity index (χ2v) is 4.47. The van der Waals surface area contributed by atoms with Crippen LogP contribution in [0.15, 0.2) is 30.3 Å². The predicted molar refractivity (Wildman–Crippen MR) is 65.2 cm³/mol. The molecule has 17 heavy (non-hydrogen) atoms. The molecule has 1 aliphatic carbocycles. The molecular formula is C13H16N2O2. The average Bonchev–Trinajstić information content (AvgIpc) is 2.80. The van der Waals surface area contributed by atoms with Gasteiger partial charge >= 0.3 is 0 Å². The van der Waals surface area contributed by atoms with Crippen LogP contribution in [0, 0.1) is 5.41 Å². The lowest BCUT2D eigenvalue weighted by atomic mass is 9.84. The molecule has 3 N–H and O–H groups in total. The summed E-state index contributed by atoms with van der Waals surface area (Å²) in [4.78, 5) is 23.7. The van der Waals surface area contributed by atoms with E-state index in [1.807, 2.05) is 18.2 Å². The van der Waals surface area contributed by atoms with Crippen LogP contribution in [0.2, 0.25) is 0 Å². The number of carbonyl (C=O) groups excluding carboxylic acids is 2. The third-order valence-electron chi connectivity index (χ3n) is 3.40. The fraction of sp³-hybridized carbons (Fsp3) is 0.385. The van der Waals surface area contributed by atoms with Crippen molar-refractivity contribution in [3.63, 3.8) is 0 Å². The predicted octanol–water partition coefficient (Wildman–Crippen LogP) is 1.67. The molecule has 0 heterocycles. The van der Waals surface area contributed by atoms with Crippen LogP contribution in [0.25, 0.3) is 0 Å². The second kappa shape index (κ2) is 4.57. The molecule has 0 saturated heterocycles. The highest BCUT2D eigenvalue weighted by molar-refractivity contribution is 6.10. The van der Waals surface area contributed by atoms with Crippen molar-refractivity contribution < 1.29 is 9.59 Å². The van der Waals surface area contributed by atoms with E-state index in [0.717, 1.165) is 12.8 Å². The number of primary amides is 1. The smallest absolute Gasteiger partial charge is 0.240 e. The molecule has 0 aliphatic heterocycles. The molecule has 0 spiro atoms. The van der Waals surface area contributed by atoms with Crippen LogP contribution in [-0.4, -0.2) is 11.8 Å². The van der Waals surface area contributed by atoms with Crippen LogP contribution in [0.1, 0.15) is 25.7 Å². The van der Waals surface area contributed by atoms with Crippen LogP contribution in [-0.2, 0) is 9.59 Å². The molecule has 0 atom stereocenters. The van der Waals surface area contributed by atoms with E-state index < -0.39 is 11.3 Å². The molecule has 0 unspecified atom stereocenters. The second-order valence-electron chi connectivity index (χ2n) is 4.47. The largest absolute Gasteiger partial charge is 0.369 e. The Morgan fingerprint density at radius 2 is 1.71 bits per heavy atom. The summed E-state index contributed by atoms with van der Waals surface area (Å²) in [6, 6.07) is 9.13. The van der Waals surface area contributed by atoms with E-state index in [0.29, 0.717) is 18.5 Å². The zero-order chi connectivity index (χ0) is 12.3. The maximum atomic E-state index is 12.2. The summed E-state index contributed by atoms with van der Waals surface area (Å²) < 4.78 is 0. The Balaban J connectivity index is 2.16. The third kappa shape index (κ3) is 2.16. The molecule has 4 nitrogen and oxygen atoms in total. The van der Waals surface area contributed by atoms with E-state index in [2.05, 4.69) is 5.32 Å². The molecule has 4 heteroatoms. The van der Waals surface area contributed by atoms with Crippen molar-refractivity contribution in [3.05, 3.63) is 30.3 Å². The van der Waals surface area contributed by atoms with Gasteiger partial charge in [-0.05, 0) is 25.0 Å². The molecule has 2 rings (SSSR count). The topological polar surface area (TPSA) is 72.2 Å². The van der Waals surface area contributed by atoms with E-state index in [1.54, 1.807) is 12.1 Å². The van der Waals surface area contributed by atoms with Crippen molar-refractivity contribution in [3.8, 4) is 0 Å². The van der Waals surface area contributed by atoms with Crippen molar-refractivity contribution in [2.24, 2.45) is 11.1 Å². The monoisotopic (exact) mass is 232 g/mol. The SMILES string of the molecule is NC(=O)C1(C(=O)Nc2ccccc2)CCCC1. The Bertz CT molecular complexity index is 422. The van der Waals surface area contributed by atoms with Crippen LogP contribution in [0.4, 0.5) is 5.69 Å². The Hall–Kier alpha value is -1.84. The zero-order valence-corrected chi connectivity index (χ0v) is 9.61. The first-order valence-corrected chi connectivity index (χ1v) is 5.81. The van der Waals surface area contributed by atoms with Gasteiger partial charge in [0.25, 0.3) is 0 Å². The summed E-state index contributed by atoms with van der Waals surface area (Å²) in [5.41, 5.74) is 5.08. The summed E-state index contributed by atoms with van der Waals surface area (Å²) in [5.74, 6) is -0.780. The van der Waals surface area contributed by atoms with E-state index in [-0.39, 0.29) is 5.91 Å². The molecule has 1 aliphatic rings. The van der Waals surface area contributed by atoms with Gasteiger partial charge in [0.05, 0.1) is 0 Å². The number of nitrogens with one attached hydrogen (secondary N) is 1. The minimum absolute atomic E-state index is 0.270. The summed E-state index contributed by atoms with van der Waals surface area (Å²) in [6.07, 6.45) is 2.87. The van der Waals surface area contributed by atoms with Gasteiger partial charge in [0.2, 0.25) is 11.8 Å². The zero-order valence-electron chi connectivity index (χ0n) is 9.61. The number of nitrogens with two attached hydrogens (primary N) is 1. The Labute approximate surface area is 100 Å². The van der Waals surface area contributed by atoms with E-state index >= 15 is 0 Å². The summed E-state index contributed by atoms with van der Waals surface area (Å²) in [7, 11) is 0. The molecule has 1 aromatic carbocycles. The average molecular weight is 232 g/mol. The van der Waals surface area contributed by atoms with Crippen LogP contribution < -0.4 is 11.1 Å². The number of hydrogen-bond donors (Lipinski definition) is 2. The summed E-state index contributed by atoms with van der Waals surface area (Å²) in [6.45, 7) is 0. The normalized spacial score (nSPS) is 17.6. The number of amides is 2. The lowest BCUT2D eigenvalue weighted by Crippen LogP contribution is -2.44. The number of para-hydroxylation sites is 1. The quantitative estimate of drug-likeness (QED) is 0.778. The maximum Gasteiger partial charge on any atom is 0.240 e. The van der Waals surface area contributed by atoms with Crippen molar-refractivity contribution in [2.75, 3.05) is 5.32 Å². The highest BCUT2D eigenvalue weighted by atomic mass is 16.2. The lowest BCUT2D eigenvalue weighted by Gasteiger charge is -2.23. The van der Waals surface area contributed by atoms with Crippen LogP contribution in [0.3, 0.4) is 0 Å². The number of carbonyl (C=O) groups is 2. The molecule has 0 radical (unpaired) electrons. The Morgan fingerprint density at radius 3 is 2.24 bits per heavy atom. The number of rotatable bonds is 3. The fourth-order valence-corrected chi connectivity index (χ4v) is 2.34. The van der Waals surface area contributed by atoms with E-state index in [9.17, 15) is 9.59 Å². The molecule has 1 fully saturated rings. The molecule has 0 bridgehead atoms. The lowest BCUT2D eigenvalue weighted by molar-refractivity contribution is -0.138. The molecule has 90 valence electrons. The molecule has 0 aromatic heterocycles. The van der Waals surface area contributed by atoms with Crippen molar-refractivity contribution >= 4 is 17.5 Å². The van der Waals surface area contributed by atoms with Gasteiger partial charge < -0.3 is 11.1 Å². The third-order valence-corrected chi connectivity index (χ3v) is 3.40. The standard InChI is InChI=1S/C13H16N2O2/c14-11(16)13(8-4-5-9-13)12(17)15-10-6-2-1-3-7-10/h1-3,6-7H,4-5,8-9H2,(H2,14,16)(H,15,17). The molecular weight excluding hydrogens is 216 g/mol. The van der Waals surface area contributed by atoms with Gasteiger partial charge in [0.15, 0.2) is 0 Å². The maximum absolute atomic E-state index is 12.2. The van der Waals surface area contributed by atoms with Gasteiger partial charge in [-0.15, -0.1) is 0 Å². The van der Waals surface area contributed by atoms with Gasteiger partial charge in [-0.25, -0.2) is 0 Å². The minimum Gasteiger partial charge on any atom is -0.369 e. The molecule has 1 aromatic rings. The van der Waals surface area contributed by atoms with E-state index in [1.165, 1.54) is 0 Å². The van der Waals surface area contributed by atoms with E-state index in [4.69, 9.17) is 5.73 Å². The van der Waals surface area contributed by atoms with Crippen LogP contribution >= 0.6 is 0 Å². The highest BCUT2D eigenvalue weighted by Crippen LogP contribution is 2.38. The van der Waals surface area contributed by atoms with Gasteiger partial charge in [-0.2, -0.15) is 0 Å². The molecule has 2 amide bonds. The first-order valence-electron chi connectivity index (χ1n) is 5.81. The fourth-order valence-electron chi connectivity index (χ4n) is 2.34. The van der Waals surface area contributed by atoms with Gasteiger partial charge in [0.1, 0.15) is 5.41 Å².